The smallest absolute Gasteiger partial charge is 0.121 e. The van der Waals surface area contributed by atoms with Crippen LogP contribution in [0.1, 0.15) is 22.6 Å². The Labute approximate surface area is 113 Å². The molecule has 0 radical (unpaired) electrons. The maximum absolute atomic E-state index is 9.36. The van der Waals surface area contributed by atoms with E-state index in [1.54, 1.807) is 19.5 Å². The minimum Gasteiger partial charge on any atom is -0.496 e. The molecule has 0 aliphatic heterocycles. The Morgan fingerprint density at radius 3 is 2.58 bits per heavy atom. The second-order valence-corrected chi connectivity index (χ2v) is 4.47. The van der Waals surface area contributed by atoms with Gasteiger partial charge >= 0.3 is 0 Å². The summed E-state index contributed by atoms with van der Waals surface area (Å²) >= 11 is 0. The zero-order valence-electron chi connectivity index (χ0n) is 11.1. The van der Waals surface area contributed by atoms with E-state index in [4.69, 9.17) is 4.74 Å². The van der Waals surface area contributed by atoms with Gasteiger partial charge in [-0.2, -0.15) is 5.26 Å². The summed E-state index contributed by atoms with van der Waals surface area (Å²) in [6.07, 6.45) is 4.21. The predicted octanol–water partition coefficient (Wildman–Crippen LogP) is 3.25. The highest BCUT2D eigenvalue weighted by atomic mass is 16.5. The van der Waals surface area contributed by atoms with Crippen molar-refractivity contribution in [2.75, 3.05) is 7.11 Å². The van der Waals surface area contributed by atoms with Crippen molar-refractivity contribution in [3.05, 3.63) is 59.4 Å². The summed E-state index contributed by atoms with van der Waals surface area (Å²) in [6.45, 7) is 1.99. The summed E-state index contributed by atoms with van der Waals surface area (Å²) in [6, 6.07) is 12.2. The number of aromatic nitrogens is 1. The van der Waals surface area contributed by atoms with Gasteiger partial charge in [0.2, 0.25) is 0 Å². The second-order valence-electron chi connectivity index (χ2n) is 4.47. The monoisotopic (exact) mass is 252 g/mol. The Kier molecular flexibility index (Phi) is 4.15. The summed E-state index contributed by atoms with van der Waals surface area (Å²) in [5.41, 5.74) is 3.20. The number of hydrogen-bond donors (Lipinski definition) is 0. The SMILES string of the molecule is COc1ccc(C(C#N)Cc2ccncc2)cc1C. The zero-order valence-corrected chi connectivity index (χ0v) is 11.1. The lowest BCUT2D eigenvalue weighted by Crippen LogP contribution is -2.01. The lowest BCUT2D eigenvalue weighted by Gasteiger charge is -2.12. The molecule has 0 N–H and O–H groups in total. The highest BCUT2D eigenvalue weighted by Gasteiger charge is 2.13. The van der Waals surface area contributed by atoms with Gasteiger partial charge in [0.1, 0.15) is 5.75 Å². The summed E-state index contributed by atoms with van der Waals surface area (Å²) < 4.78 is 5.24. The number of methoxy groups -OCH3 is 1. The van der Waals surface area contributed by atoms with Crippen molar-refractivity contribution in [3.8, 4) is 11.8 Å². The summed E-state index contributed by atoms with van der Waals surface area (Å²) in [4.78, 5) is 3.99. The summed E-state index contributed by atoms with van der Waals surface area (Å²) in [5, 5.41) is 9.36. The highest BCUT2D eigenvalue weighted by Crippen LogP contribution is 2.25. The van der Waals surface area contributed by atoms with Crippen LogP contribution in [0.25, 0.3) is 0 Å². The largest absolute Gasteiger partial charge is 0.496 e. The average molecular weight is 252 g/mol. The van der Waals surface area contributed by atoms with Crippen LogP contribution in [0.15, 0.2) is 42.7 Å². The van der Waals surface area contributed by atoms with E-state index in [1.165, 1.54) is 0 Å². The molecule has 0 bridgehead atoms. The van der Waals surface area contributed by atoms with Crippen LogP contribution in [0.4, 0.5) is 0 Å². The van der Waals surface area contributed by atoms with Crippen LogP contribution in [0, 0.1) is 18.3 Å². The van der Waals surface area contributed by atoms with Crippen molar-refractivity contribution in [1.29, 1.82) is 5.26 Å². The van der Waals surface area contributed by atoms with Gasteiger partial charge in [-0.05, 0) is 48.2 Å². The number of pyridine rings is 1. The Balaban J connectivity index is 2.23. The van der Waals surface area contributed by atoms with E-state index < -0.39 is 0 Å². The molecular weight excluding hydrogens is 236 g/mol. The quantitative estimate of drug-likeness (QED) is 0.839. The fraction of sp³-hybridized carbons (Fsp3) is 0.250. The van der Waals surface area contributed by atoms with Gasteiger partial charge in [0, 0.05) is 12.4 Å². The third-order valence-electron chi connectivity index (χ3n) is 3.17. The van der Waals surface area contributed by atoms with Gasteiger partial charge in [0.25, 0.3) is 0 Å². The lowest BCUT2D eigenvalue weighted by molar-refractivity contribution is 0.411. The van der Waals surface area contributed by atoms with Gasteiger partial charge < -0.3 is 4.74 Å². The van der Waals surface area contributed by atoms with Crippen LogP contribution in [-0.4, -0.2) is 12.1 Å². The van der Waals surface area contributed by atoms with Crippen LogP contribution in [0.3, 0.4) is 0 Å². The molecule has 3 heteroatoms. The molecule has 0 saturated heterocycles. The maximum atomic E-state index is 9.36. The standard InChI is InChI=1S/C16H16N2O/c1-12-9-14(3-4-16(12)19-2)15(11-17)10-13-5-7-18-8-6-13/h3-9,15H,10H2,1-2H3. The third kappa shape index (κ3) is 3.11. The number of aryl methyl sites for hydroxylation is 1. The van der Waals surface area contributed by atoms with Crippen molar-refractivity contribution in [1.82, 2.24) is 4.98 Å². The molecular formula is C16H16N2O. The molecule has 1 aromatic heterocycles. The summed E-state index contributed by atoms with van der Waals surface area (Å²) in [5.74, 6) is 0.705. The van der Waals surface area contributed by atoms with Crippen molar-refractivity contribution in [3.63, 3.8) is 0 Å². The van der Waals surface area contributed by atoms with Crippen LogP contribution in [-0.2, 0) is 6.42 Å². The number of benzene rings is 1. The van der Waals surface area contributed by atoms with Gasteiger partial charge in [-0.25, -0.2) is 0 Å². The van der Waals surface area contributed by atoms with Crippen molar-refractivity contribution in [2.45, 2.75) is 19.3 Å². The molecule has 19 heavy (non-hydrogen) atoms. The van der Waals surface area contributed by atoms with Crippen molar-refractivity contribution >= 4 is 0 Å². The Morgan fingerprint density at radius 2 is 2.00 bits per heavy atom. The molecule has 0 amide bonds. The number of ether oxygens (including phenoxy) is 1. The van der Waals surface area contributed by atoms with Gasteiger partial charge in [-0.15, -0.1) is 0 Å². The topological polar surface area (TPSA) is 45.9 Å². The molecule has 1 atom stereocenters. The van der Waals surface area contributed by atoms with Crippen LogP contribution >= 0.6 is 0 Å². The Hall–Kier alpha value is -2.34. The van der Waals surface area contributed by atoms with E-state index in [-0.39, 0.29) is 5.92 Å². The molecule has 0 spiro atoms. The molecule has 2 aromatic rings. The number of rotatable bonds is 4. The van der Waals surface area contributed by atoms with Gasteiger partial charge in [0.15, 0.2) is 0 Å². The number of nitriles is 1. The highest BCUT2D eigenvalue weighted by molar-refractivity contribution is 5.39. The first-order valence-corrected chi connectivity index (χ1v) is 6.17. The van der Waals surface area contributed by atoms with E-state index in [2.05, 4.69) is 11.1 Å². The van der Waals surface area contributed by atoms with E-state index in [0.717, 1.165) is 22.4 Å². The Bertz CT molecular complexity index is 587. The molecule has 0 aliphatic carbocycles. The fourth-order valence-electron chi connectivity index (χ4n) is 2.11. The van der Waals surface area contributed by atoms with Gasteiger partial charge in [0.05, 0.1) is 19.1 Å². The van der Waals surface area contributed by atoms with Crippen LogP contribution in [0.5, 0.6) is 5.75 Å². The van der Waals surface area contributed by atoms with E-state index in [9.17, 15) is 5.26 Å². The van der Waals surface area contributed by atoms with E-state index in [1.807, 2.05) is 37.3 Å². The normalized spacial score (nSPS) is 11.6. The third-order valence-corrected chi connectivity index (χ3v) is 3.17. The lowest BCUT2D eigenvalue weighted by atomic mass is 9.92. The second kappa shape index (κ2) is 6.01. The molecule has 96 valence electrons. The molecule has 0 saturated carbocycles. The van der Waals surface area contributed by atoms with E-state index in [0.29, 0.717) is 6.42 Å². The first-order chi connectivity index (χ1) is 9.24. The van der Waals surface area contributed by atoms with Crippen LogP contribution in [0.2, 0.25) is 0 Å². The predicted molar refractivity (Wildman–Crippen MR) is 74.0 cm³/mol. The zero-order chi connectivity index (χ0) is 13.7. The number of nitrogens with zero attached hydrogens (tertiary/aromatic N) is 2. The molecule has 1 heterocycles. The van der Waals surface area contributed by atoms with Gasteiger partial charge in [-0.3, -0.25) is 4.98 Å². The molecule has 1 aromatic carbocycles. The molecule has 0 aliphatic rings. The van der Waals surface area contributed by atoms with Crippen molar-refractivity contribution < 1.29 is 4.74 Å². The summed E-state index contributed by atoms with van der Waals surface area (Å²) in [7, 11) is 1.65. The fourth-order valence-corrected chi connectivity index (χ4v) is 2.11. The maximum Gasteiger partial charge on any atom is 0.121 e. The molecule has 1 unspecified atom stereocenters. The number of hydrogen-bond acceptors (Lipinski definition) is 3. The van der Waals surface area contributed by atoms with Gasteiger partial charge in [-0.1, -0.05) is 12.1 Å². The van der Waals surface area contributed by atoms with Crippen LogP contribution < -0.4 is 4.74 Å². The first-order valence-electron chi connectivity index (χ1n) is 6.17. The first kappa shape index (κ1) is 13.1. The minimum absolute atomic E-state index is 0.146. The molecule has 3 nitrogen and oxygen atoms in total. The Morgan fingerprint density at radius 1 is 1.26 bits per heavy atom. The van der Waals surface area contributed by atoms with E-state index >= 15 is 0 Å². The minimum atomic E-state index is -0.146. The molecule has 2 rings (SSSR count). The molecule has 0 fully saturated rings. The van der Waals surface area contributed by atoms with Crippen molar-refractivity contribution in [2.24, 2.45) is 0 Å². The average Bonchev–Trinajstić information content (AvgIpc) is 2.46.